The molecule has 1 heterocycles. The highest BCUT2D eigenvalue weighted by molar-refractivity contribution is 7.98. The minimum atomic E-state index is -4.74. The molecule has 3 aromatic rings. The van der Waals surface area contributed by atoms with E-state index in [1.54, 1.807) is 11.8 Å². The standard InChI is InChI=1S/C32H26Cl2F3N3OS/c1-17-12-19(16-42-22-9-6-20(33)7-10-22)18(2)23(13-17)29-24(15-38)31(39)40(27-4-3-5-28(41)30(27)29)26-11-8-21(34)14-25(26)32(35,36)37/h6-14,29H,3-5,16,39H2,1-2H3. The number of thioether (sulfide) groups is 1. The van der Waals surface area contributed by atoms with Gasteiger partial charge in [0.25, 0.3) is 0 Å². The van der Waals surface area contributed by atoms with E-state index in [4.69, 9.17) is 28.9 Å². The highest BCUT2D eigenvalue weighted by Crippen LogP contribution is 2.50. The summed E-state index contributed by atoms with van der Waals surface area (Å²) in [5.74, 6) is -0.495. The van der Waals surface area contributed by atoms with Crippen molar-refractivity contribution in [2.45, 2.75) is 55.9 Å². The van der Waals surface area contributed by atoms with Crippen LogP contribution in [0.3, 0.4) is 0 Å². The minimum Gasteiger partial charge on any atom is -0.384 e. The SMILES string of the molecule is Cc1cc(CSc2ccc(Cl)cc2)c(C)c(C2C(C#N)=C(N)N(c3ccc(Cl)cc3C(F)(F)F)C3=C2C(=O)CCC3)c1. The number of hydrogen-bond acceptors (Lipinski definition) is 5. The summed E-state index contributed by atoms with van der Waals surface area (Å²) < 4.78 is 42.6. The number of allylic oxidation sites excluding steroid dienone is 3. The average molecular weight is 629 g/mol. The number of hydrogen-bond donors (Lipinski definition) is 1. The van der Waals surface area contributed by atoms with Crippen molar-refractivity contribution in [3.8, 4) is 6.07 Å². The molecule has 0 spiro atoms. The second kappa shape index (κ2) is 11.7. The van der Waals surface area contributed by atoms with E-state index >= 15 is 0 Å². The number of carbonyl (C=O) groups is 1. The Hall–Kier alpha value is -3.38. The van der Waals surface area contributed by atoms with Gasteiger partial charge in [-0.15, -0.1) is 11.8 Å². The van der Waals surface area contributed by atoms with Crippen molar-refractivity contribution in [2.75, 3.05) is 4.90 Å². The largest absolute Gasteiger partial charge is 0.418 e. The van der Waals surface area contributed by atoms with Crippen LogP contribution in [0.25, 0.3) is 0 Å². The van der Waals surface area contributed by atoms with Crippen LogP contribution in [-0.4, -0.2) is 5.78 Å². The number of carbonyl (C=O) groups excluding carboxylic acids is 1. The lowest BCUT2D eigenvalue weighted by Gasteiger charge is -2.41. The molecular weight excluding hydrogens is 602 g/mol. The molecular formula is C32H26Cl2F3N3OS. The number of aryl methyl sites for hydroxylation is 1. The summed E-state index contributed by atoms with van der Waals surface area (Å²) in [6, 6.07) is 17.1. The Morgan fingerprint density at radius 2 is 1.74 bits per heavy atom. The smallest absolute Gasteiger partial charge is 0.384 e. The number of benzene rings is 3. The van der Waals surface area contributed by atoms with E-state index in [1.165, 1.54) is 17.0 Å². The Bertz CT molecular complexity index is 1690. The molecule has 10 heteroatoms. The Balaban J connectivity index is 1.67. The molecule has 0 amide bonds. The molecule has 0 saturated heterocycles. The third-order valence-electron chi connectivity index (χ3n) is 7.64. The van der Waals surface area contributed by atoms with E-state index in [9.17, 15) is 23.2 Å². The minimum absolute atomic E-state index is 0.0390. The van der Waals surface area contributed by atoms with E-state index in [-0.39, 0.29) is 34.3 Å². The summed E-state index contributed by atoms with van der Waals surface area (Å²) in [5, 5.41) is 11.0. The maximum atomic E-state index is 14.2. The lowest BCUT2D eigenvalue weighted by molar-refractivity contribution is -0.137. The molecule has 2 aliphatic rings. The molecule has 216 valence electrons. The third kappa shape index (κ3) is 5.66. The van der Waals surface area contributed by atoms with Gasteiger partial charge in [-0.1, -0.05) is 40.9 Å². The van der Waals surface area contributed by atoms with Gasteiger partial charge in [0.15, 0.2) is 5.78 Å². The van der Waals surface area contributed by atoms with Gasteiger partial charge in [0.05, 0.1) is 28.8 Å². The topological polar surface area (TPSA) is 70.1 Å². The first-order valence-corrected chi connectivity index (χ1v) is 15.0. The molecule has 42 heavy (non-hydrogen) atoms. The molecule has 1 aliphatic heterocycles. The van der Waals surface area contributed by atoms with Crippen molar-refractivity contribution >= 4 is 46.4 Å². The number of rotatable bonds is 5. The molecule has 4 nitrogen and oxygen atoms in total. The van der Waals surface area contributed by atoms with Gasteiger partial charge in [-0.25, -0.2) is 0 Å². The molecule has 0 bridgehead atoms. The van der Waals surface area contributed by atoms with Gasteiger partial charge in [-0.3, -0.25) is 9.69 Å². The van der Waals surface area contributed by atoms with Gasteiger partial charge in [-0.2, -0.15) is 18.4 Å². The molecule has 5 rings (SSSR count). The van der Waals surface area contributed by atoms with Crippen LogP contribution in [-0.2, 0) is 16.7 Å². The van der Waals surface area contributed by atoms with Crippen LogP contribution in [0.4, 0.5) is 18.9 Å². The Labute approximate surface area is 256 Å². The van der Waals surface area contributed by atoms with Crippen LogP contribution in [0, 0.1) is 25.2 Å². The van der Waals surface area contributed by atoms with Crippen molar-refractivity contribution in [1.29, 1.82) is 5.26 Å². The fourth-order valence-electron chi connectivity index (χ4n) is 5.71. The van der Waals surface area contributed by atoms with E-state index < -0.39 is 17.7 Å². The van der Waals surface area contributed by atoms with Gasteiger partial charge >= 0.3 is 6.18 Å². The summed E-state index contributed by atoms with van der Waals surface area (Å²) in [4.78, 5) is 15.9. The second-order valence-corrected chi connectivity index (χ2v) is 12.3. The maximum absolute atomic E-state index is 14.2. The first-order chi connectivity index (χ1) is 19.9. The van der Waals surface area contributed by atoms with E-state index in [2.05, 4.69) is 12.1 Å². The number of anilines is 1. The molecule has 3 aromatic carbocycles. The number of nitrogens with zero attached hydrogens (tertiary/aromatic N) is 2. The maximum Gasteiger partial charge on any atom is 0.418 e. The predicted octanol–water partition coefficient (Wildman–Crippen LogP) is 9.23. The second-order valence-electron chi connectivity index (χ2n) is 10.4. The highest BCUT2D eigenvalue weighted by Gasteiger charge is 2.44. The van der Waals surface area contributed by atoms with Crippen molar-refractivity contribution in [2.24, 2.45) is 5.73 Å². The van der Waals surface area contributed by atoms with Crippen LogP contribution in [0.5, 0.6) is 0 Å². The van der Waals surface area contributed by atoms with Crippen molar-refractivity contribution in [3.63, 3.8) is 0 Å². The normalized spacial score (nSPS) is 17.4. The number of halogens is 5. The molecule has 0 fully saturated rings. The number of alkyl halides is 3. The number of ketones is 1. The van der Waals surface area contributed by atoms with Gasteiger partial charge < -0.3 is 5.73 Å². The van der Waals surface area contributed by atoms with Crippen LogP contribution < -0.4 is 10.6 Å². The van der Waals surface area contributed by atoms with Crippen LogP contribution >= 0.6 is 35.0 Å². The van der Waals surface area contributed by atoms with E-state index in [0.717, 1.165) is 33.2 Å². The molecule has 1 unspecified atom stereocenters. The van der Waals surface area contributed by atoms with Crippen LogP contribution in [0.2, 0.25) is 10.0 Å². The van der Waals surface area contributed by atoms with Crippen LogP contribution in [0.1, 0.15) is 53.0 Å². The molecule has 2 N–H and O–H groups in total. The zero-order valence-corrected chi connectivity index (χ0v) is 25.1. The Kier molecular flexibility index (Phi) is 8.39. The van der Waals surface area contributed by atoms with Crippen molar-refractivity contribution < 1.29 is 18.0 Å². The van der Waals surface area contributed by atoms with Gasteiger partial charge in [0.2, 0.25) is 0 Å². The number of Topliss-reactive ketones (excluding diaryl/α,β-unsaturated/α-hetero) is 1. The zero-order valence-electron chi connectivity index (χ0n) is 22.8. The average Bonchev–Trinajstić information content (AvgIpc) is 2.93. The van der Waals surface area contributed by atoms with Gasteiger partial charge in [-0.05, 0) is 85.8 Å². The van der Waals surface area contributed by atoms with Crippen LogP contribution in [0.15, 0.2) is 82.2 Å². The third-order valence-corrected chi connectivity index (χ3v) is 9.18. The highest BCUT2D eigenvalue weighted by atomic mass is 35.5. The fraction of sp³-hybridized carbons (Fsp3) is 0.250. The quantitative estimate of drug-likeness (QED) is 0.285. The van der Waals surface area contributed by atoms with E-state index in [0.29, 0.717) is 34.9 Å². The van der Waals surface area contributed by atoms with E-state index in [1.807, 2.05) is 44.2 Å². The Morgan fingerprint density at radius 1 is 1.05 bits per heavy atom. The summed E-state index contributed by atoms with van der Waals surface area (Å²) in [5.41, 5.74) is 9.67. The molecule has 1 aliphatic carbocycles. The number of nitriles is 1. The number of nitrogens with two attached hydrogens (primary N) is 1. The monoisotopic (exact) mass is 627 g/mol. The first kappa shape index (κ1) is 30.1. The molecule has 0 saturated carbocycles. The summed E-state index contributed by atoms with van der Waals surface area (Å²) in [7, 11) is 0. The molecule has 0 aromatic heterocycles. The summed E-state index contributed by atoms with van der Waals surface area (Å²) in [6.07, 6.45) is -3.71. The predicted molar refractivity (Wildman–Crippen MR) is 161 cm³/mol. The zero-order chi connectivity index (χ0) is 30.3. The molecule has 1 atom stereocenters. The van der Waals surface area contributed by atoms with Gasteiger partial charge in [0, 0.05) is 38.4 Å². The lowest BCUT2D eigenvalue weighted by atomic mass is 9.73. The molecule has 0 radical (unpaired) electrons. The van der Waals surface area contributed by atoms with Crippen molar-refractivity contribution in [3.05, 3.63) is 115 Å². The summed E-state index contributed by atoms with van der Waals surface area (Å²) in [6.45, 7) is 3.88. The fourth-order valence-corrected chi connectivity index (χ4v) is 6.96. The van der Waals surface area contributed by atoms with Gasteiger partial charge in [0.1, 0.15) is 5.82 Å². The van der Waals surface area contributed by atoms with Crippen molar-refractivity contribution in [1.82, 2.24) is 0 Å². The Morgan fingerprint density at radius 3 is 2.40 bits per heavy atom. The first-order valence-electron chi connectivity index (χ1n) is 13.2. The summed E-state index contributed by atoms with van der Waals surface area (Å²) >= 11 is 13.6. The lowest BCUT2D eigenvalue weighted by Crippen LogP contribution is -2.39.